The lowest BCUT2D eigenvalue weighted by molar-refractivity contribution is 0.0242. The average Bonchev–Trinajstić information content (AvgIpc) is 2.99. The maximum atomic E-state index is 10.3. The van der Waals surface area contributed by atoms with Crippen molar-refractivity contribution in [3.05, 3.63) is 11.7 Å². The highest BCUT2D eigenvalue weighted by atomic mass is 16.5. The molecule has 3 heterocycles. The fourth-order valence-electron chi connectivity index (χ4n) is 2.40. The molecule has 94 valence electrons. The number of nitrogens with zero attached hydrogens (tertiary/aromatic N) is 2. The van der Waals surface area contributed by atoms with Crippen molar-refractivity contribution in [3.8, 4) is 0 Å². The van der Waals surface area contributed by atoms with Crippen LogP contribution in [0.15, 0.2) is 4.52 Å². The number of aliphatic hydroxyl groups is 1. The molecule has 1 aromatic heterocycles. The fraction of sp³-hybridized carbons (Fsp3) is 0.818. The van der Waals surface area contributed by atoms with E-state index in [1.54, 1.807) is 0 Å². The number of β-amino-alcohol motifs (C(OH)–C–C–N with tert-alkyl or cyclic N) is 1. The summed E-state index contributed by atoms with van der Waals surface area (Å²) in [4.78, 5) is 4.34. The van der Waals surface area contributed by atoms with Gasteiger partial charge in [-0.2, -0.15) is 4.98 Å². The monoisotopic (exact) mass is 239 g/mol. The first kappa shape index (κ1) is 11.1. The van der Waals surface area contributed by atoms with Crippen LogP contribution in [0.4, 0.5) is 0 Å². The van der Waals surface area contributed by atoms with Crippen LogP contribution >= 0.6 is 0 Å². The quantitative estimate of drug-likeness (QED) is 0.764. The van der Waals surface area contributed by atoms with Crippen LogP contribution in [0, 0.1) is 0 Å². The second-order valence-electron chi connectivity index (χ2n) is 4.83. The Balaban J connectivity index is 1.77. The van der Waals surface area contributed by atoms with Gasteiger partial charge in [0.2, 0.25) is 0 Å². The molecule has 0 spiro atoms. The zero-order valence-corrected chi connectivity index (χ0v) is 9.69. The molecule has 2 saturated heterocycles. The topological polar surface area (TPSA) is 80.4 Å². The normalized spacial score (nSPS) is 34.1. The highest BCUT2D eigenvalue weighted by molar-refractivity contribution is 5.06. The van der Waals surface area contributed by atoms with E-state index < -0.39 is 5.60 Å². The van der Waals surface area contributed by atoms with E-state index in [1.807, 2.05) is 0 Å². The van der Waals surface area contributed by atoms with Gasteiger partial charge in [0, 0.05) is 19.1 Å². The van der Waals surface area contributed by atoms with Crippen molar-refractivity contribution in [2.24, 2.45) is 0 Å². The maximum absolute atomic E-state index is 10.3. The zero-order valence-electron chi connectivity index (χ0n) is 9.69. The van der Waals surface area contributed by atoms with Gasteiger partial charge in [-0.05, 0) is 25.8 Å². The molecule has 0 bridgehead atoms. The summed E-state index contributed by atoms with van der Waals surface area (Å²) in [6.07, 6.45) is 2.67. The third-order valence-electron chi connectivity index (χ3n) is 3.50. The van der Waals surface area contributed by atoms with E-state index >= 15 is 0 Å². The van der Waals surface area contributed by atoms with Crippen LogP contribution in [0.2, 0.25) is 0 Å². The van der Waals surface area contributed by atoms with Crippen molar-refractivity contribution < 1.29 is 14.4 Å². The minimum Gasteiger partial charge on any atom is -0.381 e. The van der Waals surface area contributed by atoms with Gasteiger partial charge in [-0.25, -0.2) is 0 Å². The Kier molecular flexibility index (Phi) is 2.85. The van der Waals surface area contributed by atoms with Gasteiger partial charge in [0.1, 0.15) is 0 Å². The van der Waals surface area contributed by atoms with Crippen molar-refractivity contribution in [1.29, 1.82) is 0 Å². The van der Waals surface area contributed by atoms with E-state index in [-0.39, 0.29) is 5.92 Å². The predicted molar refractivity (Wildman–Crippen MR) is 58.5 cm³/mol. The lowest BCUT2D eigenvalue weighted by Gasteiger charge is -2.18. The second-order valence-corrected chi connectivity index (χ2v) is 4.83. The minimum atomic E-state index is -0.985. The molecule has 2 unspecified atom stereocenters. The molecular formula is C11H17N3O3. The summed E-state index contributed by atoms with van der Waals surface area (Å²) in [5.41, 5.74) is -0.985. The number of hydrogen-bond donors (Lipinski definition) is 2. The number of aromatic nitrogens is 2. The third-order valence-corrected chi connectivity index (χ3v) is 3.50. The summed E-state index contributed by atoms with van der Waals surface area (Å²) in [5, 5.41) is 17.4. The molecule has 3 rings (SSSR count). The average molecular weight is 239 g/mol. The van der Waals surface area contributed by atoms with E-state index in [2.05, 4.69) is 15.5 Å². The van der Waals surface area contributed by atoms with Crippen LogP contribution < -0.4 is 5.32 Å². The van der Waals surface area contributed by atoms with Gasteiger partial charge in [-0.1, -0.05) is 5.16 Å². The Bertz CT molecular complexity index is 381. The first-order valence-electron chi connectivity index (χ1n) is 6.13. The second kappa shape index (κ2) is 4.36. The van der Waals surface area contributed by atoms with Crippen molar-refractivity contribution in [2.75, 3.05) is 26.3 Å². The number of nitrogens with one attached hydrogen (secondary N) is 1. The van der Waals surface area contributed by atoms with Gasteiger partial charge in [0.25, 0.3) is 5.89 Å². The van der Waals surface area contributed by atoms with Gasteiger partial charge in [-0.15, -0.1) is 0 Å². The van der Waals surface area contributed by atoms with Gasteiger partial charge in [0.05, 0.1) is 6.61 Å². The van der Waals surface area contributed by atoms with Gasteiger partial charge < -0.3 is 19.7 Å². The summed E-state index contributed by atoms with van der Waals surface area (Å²) in [7, 11) is 0. The molecule has 2 fully saturated rings. The standard InChI is InChI=1S/C11H17N3O3/c15-11(3-4-12-7-11)10-13-9(14-17-10)8-2-1-5-16-6-8/h8,12,15H,1-7H2. The Hall–Kier alpha value is -0.980. The lowest BCUT2D eigenvalue weighted by atomic mass is 10.0. The summed E-state index contributed by atoms with van der Waals surface area (Å²) in [6, 6.07) is 0. The summed E-state index contributed by atoms with van der Waals surface area (Å²) in [6.45, 7) is 2.72. The van der Waals surface area contributed by atoms with Crippen LogP contribution in [-0.4, -0.2) is 41.6 Å². The molecule has 0 radical (unpaired) electrons. The van der Waals surface area contributed by atoms with E-state index in [4.69, 9.17) is 9.26 Å². The van der Waals surface area contributed by atoms with Crippen molar-refractivity contribution >= 4 is 0 Å². The Morgan fingerprint density at radius 2 is 2.41 bits per heavy atom. The third kappa shape index (κ3) is 2.08. The van der Waals surface area contributed by atoms with Crippen LogP contribution in [-0.2, 0) is 10.3 Å². The van der Waals surface area contributed by atoms with Gasteiger partial charge in [-0.3, -0.25) is 0 Å². The van der Waals surface area contributed by atoms with E-state index in [0.717, 1.165) is 26.0 Å². The van der Waals surface area contributed by atoms with Gasteiger partial charge >= 0.3 is 0 Å². The zero-order chi connectivity index (χ0) is 11.7. The van der Waals surface area contributed by atoms with Crippen molar-refractivity contribution in [3.63, 3.8) is 0 Å². The first-order valence-corrected chi connectivity index (χ1v) is 6.13. The largest absolute Gasteiger partial charge is 0.381 e. The molecule has 0 saturated carbocycles. The lowest BCUT2D eigenvalue weighted by Crippen LogP contribution is -2.28. The molecule has 2 N–H and O–H groups in total. The van der Waals surface area contributed by atoms with E-state index in [1.165, 1.54) is 0 Å². The molecular weight excluding hydrogens is 222 g/mol. The molecule has 0 amide bonds. The summed E-state index contributed by atoms with van der Waals surface area (Å²) >= 11 is 0. The maximum Gasteiger partial charge on any atom is 0.259 e. The number of rotatable bonds is 2. The Labute approximate surface area is 99.3 Å². The highest BCUT2D eigenvalue weighted by Gasteiger charge is 2.39. The molecule has 2 aliphatic rings. The molecule has 1 aromatic rings. The van der Waals surface area contributed by atoms with Crippen LogP contribution in [0.3, 0.4) is 0 Å². The van der Waals surface area contributed by atoms with Crippen LogP contribution in [0.1, 0.15) is 36.9 Å². The Morgan fingerprint density at radius 3 is 3.12 bits per heavy atom. The molecule has 2 atom stereocenters. The molecule has 0 aromatic carbocycles. The predicted octanol–water partition coefficient (Wildman–Crippen LogP) is 0.144. The smallest absolute Gasteiger partial charge is 0.259 e. The van der Waals surface area contributed by atoms with E-state index in [0.29, 0.717) is 31.3 Å². The van der Waals surface area contributed by atoms with Crippen molar-refractivity contribution in [1.82, 2.24) is 15.5 Å². The molecule has 2 aliphatic heterocycles. The minimum absolute atomic E-state index is 0.208. The summed E-state index contributed by atoms with van der Waals surface area (Å²) < 4.78 is 10.6. The fourth-order valence-corrected chi connectivity index (χ4v) is 2.40. The molecule has 17 heavy (non-hydrogen) atoms. The van der Waals surface area contributed by atoms with E-state index in [9.17, 15) is 5.11 Å². The first-order chi connectivity index (χ1) is 8.28. The molecule has 0 aliphatic carbocycles. The van der Waals surface area contributed by atoms with Crippen molar-refractivity contribution in [2.45, 2.75) is 30.8 Å². The number of hydrogen-bond acceptors (Lipinski definition) is 6. The summed E-state index contributed by atoms with van der Waals surface area (Å²) in [5.74, 6) is 1.21. The van der Waals surface area contributed by atoms with Gasteiger partial charge in [0.15, 0.2) is 11.4 Å². The Morgan fingerprint density at radius 1 is 1.47 bits per heavy atom. The van der Waals surface area contributed by atoms with Crippen LogP contribution in [0.5, 0.6) is 0 Å². The SMILES string of the molecule is OC1(c2nc(C3CCCOC3)no2)CCNC1. The number of ether oxygens (including phenoxy) is 1. The molecule has 6 nitrogen and oxygen atoms in total. The highest BCUT2D eigenvalue weighted by Crippen LogP contribution is 2.29. The molecule has 6 heteroatoms. The van der Waals surface area contributed by atoms with Crippen LogP contribution in [0.25, 0.3) is 0 Å².